The van der Waals surface area contributed by atoms with Crippen molar-refractivity contribution in [2.24, 2.45) is 5.92 Å². The summed E-state index contributed by atoms with van der Waals surface area (Å²) in [6.07, 6.45) is 4.79. The Morgan fingerprint density at radius 2 is 2.15 bits per heavy atom. The van der Waals surface area contributed by atoms with E-state index in [0.29, 0.717) is 17.1 Å². The molecule has 2 aromatic rings. The minimum atomic E-state index is 0.273. The van der Waals surface area contributed by atoms with Crippen LogP contribution in [0.25, 0.3) is 0 Å². The molecule has 2 heterocycles. The molecule has 146 valence electrons. The van der Waals surface area contributed by atoms with E-state index in [9.17, 15) is 4.79 Å². The van der Waals surface area contributed by atoms with Crippen molar-refractivity contribution in [3.8, 4) is 0 Å². The molecule has 3 rings (SSSR count). The number of piperidine rings is 1. The van der Waals surface area contributed by atoms with Crippen LogP contribution in [0.4, 0.5) is 0 Å². The van der Waals surface area contributed by atoms with Crippen LogP contribution in [0.2, 0.25) is 0 Å². The summed E-state index contributed by atoms with van der Waals surface area (Å²) in [5.74, 6) is 1.94. The standard InChI is InChI=1S/C21H30N4OS/c1-3-25-20(22-23-21(25)27)18-10-7-13-24(15-18)19(26)14-16(2)11-12-17-8-5-4-6-9-17/h4-6,8-9,16,18H,3,7,10-15H2,1-2H3,(H,23,27). The van der Waals surface area contributed by atoms with Gasteiger partial charge in [0.25, 0.3) is 0 Å². The number of likely N-dealkylation sites (tertiary alicyclic amines) is 1. The Balaban J connectivity index is 1.54. The first-order chi connectivity index (χ1) is 13.1. The quantitative estimate of drug-likeness (QED) is 0.721. The number of carbonyl (C=O) groups is 1. The molecule has 2 unspecified atom stereocenters. The third-order valence-corrected chi connectivity index (χ3v) is 5.85. The van der Waals surface area contributed by atoms with Crippen LogP contribution in [0.3, 0.4) is 0 Å². The summed E-state index contributed by atoms with van der Waals surface area (Å²) >= 11 is 5.31. The first-order valence-electron chi connectivity index (χ1n) is 10.0. The number of benzene rings is 1. The van der Waals surface area contributed by atoms with Crippen molar-refractivity contribution in [1.29, 1.82) is 0 Å². The Hall–Kier alpha value is -1.95. The fraction of sp³-hybridized carbons (Fsp3) is 0.571. The van der Waals surface area contributed by atoms with Gasteiger partial charge in [-0.1, -0.05) is 37.3 Å². The SMILES string of the molecule is CCn1c(C2CCCN(C(=O)CC(C)CCc3ccccc3)C2)n[nH]c1=S. The molecular weight excluding hydrogens is 356 g/mol. The zero-order chi connectivity index (χ0) is 19.2. The van der Waals surface area contributed by atoms with Gasteiger partial charge in [-0.05, 0) is 56.3 Å². The van der Waals surface area contributed by atoms with Crippen LogP contribution in [0.1, 0.15) is 56.8 Å². The first-order valence-corrected chi connectivity index (χ1v) is 10.5. The molecule has 2 atom stereocenters. The topological polar surface area (TPSA) is 53.9 Å². The highest BCUT2D eigenvalue weighted by Gasteiger charge is 2.28. The van der Waals surface area contributed by atoms with E-state index >= 15 is 0 Å². The van der Waals surface area contributed by atoms with Gasteiger partial charge in [0.1, 0.15) is 5.82 Å². The van der Waals surface area contributed by atoms with Gasteiger partial charge < -0.3 is 9.47 Å². The molecule has 1 amide bonds. The van der Waals surface area contributed by atoms with Gasteiger partial charge in [-0.15, -0.1) is 0 Å². The van der Waals surface area contributed by atoms with Crippen molar-refractivity contribution < 1.29 is 4.79 Å². The highest BCUT2D eigenvalue weighted by Crippen LogP contribution is 2.27. The summed E-state index contributed by atoms with van der Waals surface area (Å²) in [6.45, 7) is 6.69. The highest BCUT2D eigenvalue weighted by atomic mass is 32.1. The summed E-state index contributed by atoms with van der Waals surface area (Å²) in [4.78, 5) is 14.9. The molecule has 1 aromatic carbocycles. The highest BCUT2D eigenvalue weighted by molar-refractivity contribution is 7.71. The Bertz CT molecular complexity index is 798. The molecule has 0 saturated carbocycles. The van der Waals surface area contributed by atoms with Crippen molar-refractivity contribution in [2.45, 2.75) is 58.4 Å². The van der Waals surface area contributed by atoms with E-state index in [-0.39, 0.29) is 11.8 Å². The number of H-pyrrole nitrogens is 1. The average molecular weight is 387 g/mol. The van der Waals surface area contributed by atoms with E-state index in [1.807, 2.05) is 11.0 Å². The van der Waals surface area contributed by atoms with Crippen molar-refractivity contribution in [1.82, 2.24) is 19.7 Å². The lowest BCUT2D eigenvalue weighted by atomic mass is 9.94. The number of rotatable bonds is 7. The number of aromatic amines is 1. The molecule has 5 nitrogen and oxygen atoms in total. The Labute approximate surface area is 166 Å². The number of nitrogens with zero attached hydrogens (tertiary/aromatic N) is 3. The van der Waals surface area contributed by atoms with Crippen LogP contribution in [-0.2, 0) is 17.8 Å². The smallest absolute Gasteiger partial charge is 0.222 e. The van der Waals surface area contributed by atoms with Gasteiger partial charge in [0.15, 0.2) is 4.77 Å². The van der Waals surface area contributed by atoms with Gasteiger partial charge in [0, 0.05) is 32.0 Å². The van der Waals surface area contributed by atoms with Gasteiger partial charge in [-0.3, -0.25) is 9.89 Å². The summed E-state index contributed by atoms with van der Waals surface area (Å²) in [6, 6.07) is 10.5. The zero-order valence-corrected chi connectivity index (χ0v) is 17.2. The normalized spacial score (nSPS) is 18.4. The van der Waals surface area contributed by atoms with E-state index in [1.165, 1.54) is 5.56 Å². The number of hydrogen-bond donors (Lipinski definition) is 1. The van der Waals surface area contributed by atoms with Crippen LogP contribution >= 0.6 is 12.2 Å². The van der Waals surface area contributed by atoms with E-state index < -0.39 is 0 Å². The van der Waals surface area contributed by atoms with Crippen LogP contribution < -0.4 is 0 Å². The van der Waals surface area contributed by atoms with Gasteiger partial charge in [-0.25, -0.2) is 0 Å². The van der Waals surface area contributed by atoms with Crippen molar-refractivity contribution >= 4 is 18.1 Å². The lowest BCUT2D eigenvalue weighted by Gasteiger charge is -2.33. The van der Waals surface area contributed by atoms with Gasteiger partial charge in [-0.2, -0.15) is 5.10 Å². The van der Waals surface area contributed by atoms with Crippen LogP contribution in [0, 0.1) is 10.7 Å². The number of aryl methyl sites for hydroxylation is 1. The zero-order valence-electron chi connectivity index (χ0n) is 16.4. The molecule has 0 aliphatic carbocycles. The summed E-state index contributed by atoms with van der Waals surface area (Å²) in [5, 5.41) is 7.34. The monoisotopic (exact) mass is 386 g/mol. The maximum absolute atomic E-state index is 12.8. The van der Waals surface area contributed by atoms with Gasteiger partial charge in [0.2, 0.25) is 5.91 Å². The molecule has 0 bridgehead atoms. The van der Waals surface area contributed by atoms with Crippen LogP contribution in [0.15, 0.2) is 30.3 Å². The lowest BCUT2D eigenvalue weighted by molar-refractivity contribution is -0.133. The van der Waals surface area contributed by atoms with Crippen LogP contribution in [-0.4, -0.2) is 38.7 Å². The second-order valence-corrected chi connectivity index (χ2v) is 8.03. The molecule has 1 aliphatic heterocycles. The number of carbonyl (C=O) groups excluding carboxylic acids is 1. The molecule has 27 heavy (non-hydrogen) atoms. The molecule has 1 fully saturated rings. The first kappa shape index (κ1) is 19.8. The van der Waals surface area contributed by atoms with Crippen molar-refractivity contribution in [2.75, 3.05) is 13.1 Å². The molecular formula is C21H30N4OS. The van der Waals surface area contributed by atoms with Crippen molar-refractivity contribution in [3.63, 3.8) is 0 Å². The van der Waals surface area contributed by atoms with Gasteiger partial charge >= 0.3 is 0 Å². The Morgan fingerprint density at radius 3 is 2.89 bits per heavy atom. The molecule has 1 saturated heterocycles. The molecule has 0 radical (unpaired) electrons. The summed E-state index contributed by atoms with van der Waals surface area (Å²) in [5.41, 5.74) is 1.34. The second-order valence-electron chi connectivity index (χ2n) is 7.64. The minimum Gasteiger partial charge on any atom is -0.342 e. The fourth-order valence-electron chi connectivity index (χ4n) is 3.95. The molecule has 1 aromatic heterocycles. The Morgan fingerprint density at radius 1 is 1.37 bits per heavy atom. The predicted molar refractivity (Wildman–Crippen MR) is 110 cm³/mol. The average Bonchev–Trinajstić information content (AvgIpc) is 3.07. The van der Waals surface area contributed by atoms with E-state index in [2.05, 4.69) is 52.9 Å². The summed E-state index contributed by atoms with van der Waals surface area (Å²) in [7, 11) is 0. The van der Waals surface area contributed by atoms with Crippen molar-refractivity contribution in [3.05, 3.63) is 46.5 Å². The maximum Gasteiger partial charge on any atom is 0.222 e. The predicted octanol–water partition coefficient (Wildman–Crippen LogP) is 4.33. The van der Waals surface area contributed by atoms with E-state index in [4.69, 9.17) is 12.2 Å². The second kappa shape index (κ2) is 9.31. The fourth-order valence-corrected chi connectivity index (χ4v) is 4.22. The Kier molecular flexibility index (Phi) is 6.83. The van der Waals surface area contributed by atoms with Crippen LogP contribution in [0.5, 0.6) is 0 Å². The maximum atomic E-state index is 12.8. The number of amides is 1. The third kappa shape index (κ3) is 5.06. The van der Waals surface area contributed by atoms with Gasteiger partial charge in [0.05, 0.1) is 0 Å². The largest absolute Gasteiger partial charge is 0.342 e. The molecule has 6 heteroatoms. The summed E-state index contributed by atoms with van der Waals surface area (Å²) < 4.78 is 2.72. The number of aromatic nitrogens is 3. The molecule has 1 aliphatic rings. The minimum absolute atomic E-state index is 0.273. The van der Waals surface area contributed by atoms with E-state index in [0.717, 1.165) is 51.1 Å². The molecule has 0 spiro atoms. The van der Waals surface area contributed by atoms with E-state index in [1.54, 1.807) is 0 Å². The number of nitrogens with one attached hydrogen (secondary N) is 1. The third-order valence-electron chi connectivity index (χ3n) is 5.53. The molecule has 1 N–H and O–H groups in total. The number of hydrogen-bond acceptors (Lipinski definition) is 3. The lowest BCUT2D eigenvalue weighted by Crippen LogP contribution is -2.40.